The van der Waals surface area contributed by atoms with Crippen molar-refractivity contribution < 1.29 is 24.2 Å². The highest BCUT2D eigenvalue weighted by molar-refractivity contribution is 5.86. The van der Waals surface area contributed by atoms with Crippen LogP contribution in [0.1, 0.15) is 55.6 Å². The van der Waals surface area contributed by atoms with Gasteiger partial charge in [-0.2, -0.15) is 0 Å². The Bertz CT molecular complexity index is 1060. The van der Waals surface area contributed by atoms with Gasteiger partial charge in [-0.1, -0.05) is 55.0 Å². The van der Waals surface area contributed by atoms with Crippen LogP contribution >= 0.6 is 0 Å². The van der Waals surface area contributed by atoms with Crippen LogP contribution in [-0.2, 0) is 14.3 Å². The van der Waals surface area contributed by atoms with Gasteiger partial charge in [-0.25, -0.2) is 4.79 Å². The van der Waals surface area contributed by atoms with Crippen LogP contribution in [0.2, 0.25) is 0 Å². The number of carboxylic acid groups (broad SMARTS) is 1. The van der Waals surface area contributed by atoms with Crippen LogP contribution < -0.4 is 10.6 Å². The van der Waals surface area contributed by atoms with Gasteiger partial charge in [0, 0.05) is 18.5 Å². The first-order chi connectivity index (χ1) is 16.5. The van der Waals surface area contributed by atoms with Crippen LogP contribution in [0.3, 0.4) is 0 Å². The molecule has 34 heavy (non-hydrogen) atoms. The van der Waals surface area contributed by atoms with Gasteiger partial charge in [-0.05, 0) is 54.4 Å². The van der Waals surface area contributed by atoms with Crippen molar-refractivity contribution in [1.82, 2.24) is 10.6 Å². The first kappa shape index (κ1) is 22.4. The van der Waals surface area contributed by atoms with Crippen molar-refractivity contribution >= 4 is 18.0 Å². The molecule has 2 fully saturated rings. The van der Waals surface area contributed by atoms with Crippen LogP contribution in [0.4, 0.5) is 4.79 Å². The number of rotatable bonds is 7. The lowest BCUT2D eigenvalue weighted by molar-refractivity contribution is -0.143. The van der Waals surface area contributed by atoms with Gasteiger partial charge in [0.2, 0.25) is 5.91 Å². The van der Waals surface area contributed by atoms with Gasteiger partial charge >= 0.3 is 12.1 Å². The Balaban J connectivity index is 1.14. The van der Waals surface area contributed by atoms with Crippen LogP contribution in [0.25, 0.3) is 11.1 Å². The molecule has 0 radical (unpaired) electrons. The van der Waals surface area contributed by atoms with Gasteiger partial charge < -0.3 is 20.5 Å². The molecular weight excluding hydrogens is 432 g/mol. The summed E-state index contributed by atoms with van der Waals surface area (Å²) in [5.74, 6) is -1.29. The summed E-state index contributed by atoms with van der Waals surface area (Å²) in [6.07, 6.45) is 3.62. The van der Waals surface area contributed by atoms with Gasteiger partial charge in [-0.3, -0.25) is 9.59 Å². The molecule has 3 aliphatic carbocycles. The van der Waals surface area contributed by atoms with E-state index in [1.165, 1.54) is 11.1 Å². The van der Waals surface area contributed by atoms with Gasteiger partial charge in [-0.15, -0.1) is 0 Å². The second-order valence-electron chi connectivity index (χ2n) is 9.83. The third-order valence-corrected chi connectivity index (χ3v) is 7.61. The average Bonchev–Trinajstić information content (AvgIpc) is 3.58. The summed E-state index contributed by atoms with van der Waals surface area (Å²) in [6, 6.07) is 16.2. The normalized spacial score (nSPS) is 22.2. The molecular formula is C27H30N2O5. The molecule has 0 aliphatic heterocycles. The standard InChI is InChI=1S/C27H30N2O5/c30-24(31)17-6-5-7-18(14-17)29-25(32)27(12-13-27)16-28-26(33)34-15-23-21-10-3-1-8-19(21)20-9-2-4-11-22(20)23/h1-4,8-11,17-18,23H,5-7,12-16H2,(H,28,33)(H,29,32)(H,30,31)/t17-,18+/m0/s1. The summed E-state index contributed by atoms with van der Waals surface area (Å²) >= 11 is 0. The smallest absolute Gasteiger partial charge is 0.407 e. The number of benzene rings is 2. The first-order valence-corrected chi connectivity index (χ1v) is 12.1. The fraction of sp³-hybridized carbons (Fsp3) is 0.444. The van der Waals surface area contributed by atoms with E-state index >= 15 is 0 Å². The van der Waals surface area contributed by atoms with Crippen molar-refractivity contribution in [2.24, 2.45) is 11.3 Å². The SMILES string of the molecule is O=C(NCC1(C(=O)N[C@@H]2CCC[C@H](C(=O)O)C2)CC1)OCC1c2ccccc2-c2ccccc21. The van der Waals surface area contributed by atoms with Crippen molar-refractivity contribution in [2.45, 2.75) is 50.5 Å². The molecule has 3 aliphatic rings. The van der Waals surface area contributed by atoms with E-state index in [0.717, 1.165) is 24.0 Å². The maximum Gasteiger partial charge on any atom is 0.407 e. The van der Waals surface area contributed by atoms with Crippen LogP contribution in [0.5, 0.6) is 0 Å². The fourth-order valence-corrected chi connectivity index (χ4v) is 5.41. The van der Waals surface area contributed by atoms with E-state index < -0.39 is 23.4 Å². The summed E-state index contributed by atoms with van der Waals surface area (Å²) in [7, 11) is 0. The van der Waals surface area contributed by atoms with Crippen molar-refractivity contribution in [3.8, 4) is 11.1 Å². The molecule has 2 aromatic rings. The topological polar surface area (TPSA) is 105 Å². The van der Waals surface area contributed by atoms with Crippen molar-refractivity contribution in [3.05, 3.63) is 59.7 Å². The Morgan fingerprint density at radius 1 is 0.971 bits per heavy atom. The fourth-order valence-electron chi connectivity index (χ4n) is 5.41. The number of ether oxygens (including phenoxy) is 1. The summed E-state index contributed by atoms with van der Waals surface area (Å²) in [6.45, 7) is 0.461. The molecule has 7 nitrogen and oxygen atoms in total. The monoisotopic (exact) mass is 462 g/mol. The highest BCUT2D eigenvalue weighted by atomic mass is 16.5. The first-order valence-electron chi connectivity index (χ1n) is 12.1. The zero-order chi connectivity index (χ0) is 23.7. The zero-order valence-corrected chi connectivity index (χ0v) is 19.1. The molecule has 0 bridgehead atoms. The molecule has 2 atom stereocenters. The van der Waals surface area contributed by atoms with Gasteiger partial charge in [0.25, 0.3) is 0 Å². The van der Waals surface area contributed by atoms with E-state index in [4.69, 9.17) is 4.74 Å². The molecule has 3 N–H and O–H groups in total. The highest BCUT2D eigenvalue weighted by Crippen LogP contribution is 2.46. The van der Waals surface area contributed by atoms with E-state index in [2.05, 4.69) is 34.9 Å². The Hall–Kier alpha value is -3.35. The number of nitrogens with one attached hydrogen (secondary N) is 2. The Kier molecular flexibility index (Phi) is 6.02. The number of alkyl carbamates (subject to hydrolysis) is 1. The van der Waals surface area contributed by atoms with Crippen LogP contribution in [0, 0.1) is 11.3 Å². The minimum atomic E-state index is -0.794. The summed E-state index contributed by atoms with van der Waals surface area (Å²) in [5, 5.41) is 15.1. The molecule has 0 aromatic heterocycles. The van der Waals surface area contributed by atoms with Gasteiger partial charge in [0.05, 0.1) is 11.3 Å². The van der Waals surface area contributed by atoms with E-state index in [1.54, 1.807) is 0 Å². The molecule has 178 valence electrons. The largest absolute Gasteiger partial charge is 0.481 e. The minimum Gasteiger partial charge on any atom is -0.481 e. The lowest BCUT2D eigenvalue weighted by atomic mass is 9.85. The van der Waals surface area contributed by atoms with Crippen LogP contribution in [-0.4, -0.2) is 42.3 Å². The number of carbonyl (C=O) groups excluding carboxylic acids is 2. The molecule has 0 saturated heterocycles. The second-order valence-corrected chi connectivity index (χ2v) is 9.83. The van der Waals surface area contributed by atoms with E-state index in [1.807, 2.05) is 24.3 Å². The van der Waals surface area contributed by atoms with Gasteiger partial charge in [0.15, 0.2) is 0 Å². The molecule has 2 amide bonds. The summed E-state index contributed by atoms with van der Waals surface area (Å²) in [5.41, 5.74) is 4.05. The predicted octanol–water partition coefficient (Wildman–Crippen LogP) is 4.06. The number of amides is 2. The molecule has 0 spiro atoms. The molecule has 5 rings (SSSR count). The summed E-state index contributed by atoms with van der Waals surface area (Å²) < 4.78 is 5.59. The van der Waals surface area contributed by atoms with Gasteiger partial charge in [0.1, 0.15) is 6.61 Å². The van der Waals surface area contributed by atoms with Crippen molar-refractivity contribution in [3.63, 3.8) is 0 Å². The molecule has 2 saturated carbocycles. The zero-order valence-electron chi connectivity index (χ0n) is 19.1. The number of carboxylic acids is 1. The van der Waals surface area contributed by atoms with Crippen molar-refractivity contribution in [2.75, 3.05) is 13.2 Å². The minimum absolute atomic E-state index is 0.00943. The Morgan fingerprint density at radius 2 is 1.62 bits per heavy atom. The van der Waals surface area contributed by atoms with E-state index in [9.17, 15) is 19.5 Å². The molecule has 2 aromatic carbocycles. The third-order valence-electron chi connectivity index (χ3n) is 7.61. The molecule has 7 heteroatoms. The predicted molar refractivity (Wildman–Crippen MR) is 126 cm³/mol. The average molecular weight is 463 g/mol. The molecule has 0 heterocycles. The lowest BCUT2D eigenvalue weighted by Gasteiger charge is -2.29. The molecule has 0 unspecified atom stereocenters. The maximum absolute atomic E-state index is 12.9. The third kappa shape index (κ3) is 4.39. The number of hydrogen-bond donors (Lipinski definition) is 3. The number of aliphatic carboxylic acids is 1. The quantitative estimate of drug-likeness (QED) is 0.576. The summed E-state index contributed by atoms with van der Waals surface area (Å²) in [4.78, 5) is 36.7. The maximum atomic E-state index is 12.9. The highest BCUT2D eigenvalue weighted by Gasteiger charge is 2.50. The Labute approximate surface area is 198 Å². The van der Waals surface area contributed by atoms with E-state index in [0.29, 0.717) is 25.7 Å². The van der Waals surface area contributed by atoms with Crippen LogP contribution in [0.15, 0.2) is 48.5 Å². The lowest BCUT2D eigenvalue weighted by Crippen LogP contribution is -2.46. The van der Waals surface area contributed by atoms with E-state index in [-0.39, 0.29) is 31.0 Å². The second kappa shape index (κ2) is 9.12. The number of hydrogen-bond acceptors (Lipinski definition) is 4. The number of carbonyl (C=O) groups is 3. The Morgan fingerprint density at radius 3 is 2.24 bits per heavy atom. The number of fused-ring (bicyclic) bond motifs is 3. The van der Waals surface area contributed by atoms with Crippen molar-refractivity contribution in [1.29, 1.82) is 0 Å².